The van der Waals surface area contributed by atoms with E-state index in [1.54, 1.807) is 31.2 Å². The highest BCUT2D eigenvalue weighted by atomic mass is 16.1. The summed E-state index contributed by atoms with van der Waals surface area (Å²) in [4.78, 5) is 11.3. The zero-order chi connectivity index (χ0) is 8.97. The Morgan fingerprint density at radius 1 is 1.58 bits per heavy atom. The number of benzene rings is 1. The first-order valence-electron chi connectivity index (χ1n) is 3.65. The third-order valence-corrected chi connectivity index (χ3v) is 1.59. The maximum Gasteiger partial charge on any atom is 0.179 e. The third kappa shape index (κ3) is 1.70. The number of Topliss-reactive ketones (excluding diaryl/α,β-unsaturated/α-hetero) is 1. The molecule has 1 rings (SSSR count). The summed E-state index contributed by atoms with van der Waals surface area (Å²) >= 11 is 0. The van der Waals surface area contributed by atoms with Crippen LogP contribution in [-0.4, -0.2) is 5.78 Å². The normalized spacial score (nSPS) is 11.7. The highest BCUT2D eigenvalue weighted by Gasteiger charge is 2.12. The number of ketones is 1. The SMILES string of the molecule is CC(C#N)C(=O)c1cc[c]cc1. The van der Waals surface area contributed by atoms with Crippen molar-refractivity contribution in [2.45, 2.75) is 6.92 Å². The van der Waals surface area contributed by atoms with Gasteiger partial charge in [-0.05, 0) is 13.0 Å². The van der Waals surface area contributed by atoms with E-state index in [1.807, 2.05) is 6.07 Å². The number of nitrogens with zero attached hydrogens (tertiary/aromatic N) is 1. The lowest BCUT2D eigenvalue weighted by Gasteiger charge is -1.99. The van der Waals surface area contributed by atoms with Crippen molar-refractivity contribution in [1.82, 2.24) is 0 Å². The van der Waals surface area contributed by atoms with Crippen molar-refractivity contribution in [3.8, 4) is 6.07 Å². The van der Waals surface area contributed by atoms with Gasteiger partial charge in [-0.2, -0.15) is 5.26 Å². The Bertz CT molecular complexity index is 310. The summed E-state index contributed by atoms with van der Waals surface area (Å²) in [7, 11) is 0. The van der Waals surface area contributed by atoms with Crippen molar-refractivity contribution in [2.24, 2.45) is 5.92 Å². The van der Waals surface area contributed by atoms with E-state index in [9.17, 15) is 4.79 Å². The lowest BCUT2D eigenvalue weighted by molar-refractivity contribution is 0.0956. The van der Waals surface area contributed by atoms with Gasteiger partial charge in [0.25, 0.3) is 0 Å². The Hall–Kier alpha value is -1.62. The smallest absolute Gasteiger partial charge is 0.179 e. The molecule has 0 N–H and O–H groups in total. The zero-order valence-corrected chi connectivity index (χ0v) is 6.74. The molecule has 0 spiro atoms. The number of carbonyl (C=O) groups excluding carboxylic acids is 1. The number of hydrogen-bond acceptors (Lipinski definition) is 2. The first-order valence-corrected chi connectivity index (χ1v) is 3.65. The highest BCUT2D eigenvalue weighted by Crippen LogP contribution is 2.06. The van der Waals surface area contributed by atoms with Crippen molar-refractivity contribution in [3.63, 3.8) is 0 Å². The fraction of sp³-hybridized carbons (Fsp3) is 0.200. The minimum atomic E-state index is -0.563. The molecule has 0 aromatic heterocycles. The Labute approximate surface area is 71.4 Å². The van der Waals surface area contributed by atoms with Crippen LogP contribution < -0.4 is 0 Å². The molecule has 0 heterocycles. The molecule has 1 aromatic rings. The lowest BCUT2D eigenvalue weighted by Crippen LogP contribution is -2.08. The largest absolute Gasteiger partial charge is 0.293 e. The third-order valence-electron chi connectivity index (χ3n) is 1.59. The monoisotopic (exact) mass is 158 g/mol. The molecule has 1 atom stereocenters. The highest BCUT2D eigenvalue weighted by molar-refractivity contribution is 5.98. The fourth-order valence-electron chi connectivity index (χ4n) is 0.860. The van der Waals surface area contributed by atoms with Gasteiger partial charge in [-0.15, -0.1) is 0 Å². The second-order valence-corrected chi connectivity index (χ2v) is 2.50. The Morgan fingerprint density at radius 3 is 2.67 bits per heavy atom. The van der Waals surface area contributed by atoms with Gasteiger partial charge in [0.15, 0.2) is 5.78 Å². The molecule has 1 unspecified atom stereocenters. The molecule has 0 saturated carbocycles. The van der Waals surface area contributed by atoms with Crippen molar-refractivity contribution < 1.29 is 4.79 Å². The van der Waals surface area contributed by atoms with Gasteiger partial charge in [-0.1, -0.05) is 24.3 Å². The second-order valence-electron chi connectivity index (χ2n) is 2.50. The second kappa shape index (κ2) is 3.68. The number of carbonyl (C=O) groups is 1. The van der Waals surface area contributed by atoms with Gasteiger partial charge in [0.2, 0.25) is 0 Å². The van der Waals surface area contributed by atoms with Gasteiger partial charge < -0.3 is 0 Å². The van der Waals surface area contributed by atoms with Crippen LogP contribution in [0.3, 0.4) is 0 Å². The zero-order valence-electron chi connectivity index (χ0n) is 6.74. The van der Waals surface area contributed by atoms with Crippen LogP contribution in [0.2, 0.25) is 0 Å². The van der Waals surface area contributed by atoms with Crippen LogP contribution >= 0.6 is 0 Å². The molecule has 0 saturated heterocycles. The standard InChI is InChI=1S/C10H8NO/c1-8(7-11)10(12)9-5-3-2-4-6-9/h3-6,8H,1H3. The van der Waals surface area contributed by atoms with Crippen LogP contribution in [0.1, 0.15) is 17.3 Å². The van der Waals surface area contributed by atoms with E-state index >= 15 is 0 Å². The predicted octanol–water partition coefficient (Wildman–Crippen LogP) is 1.83. The molecule has 0 amide bonds. The molecule has 1 aromatic carbocycles. The van der Waals surface area contributed by atoms with Gasteiger partial charge in [-0.25, -0.2) is 0 Å². The molecule has 1 radical (unpaired) electrons. The molecule has 0 aliphatic rings. The summed E-state index contributed by atoms with van der Waals surface area (Å²) in [6, 6.07) is 11.4. The summed E-state index contributed by atoms with van der Waals surface area (Å²) in [6.45, 7) is 1.60. The van der Waals surface area contributed by atoms with Crippen LogP contribution in [0.15, 0.2) is 24.3 Å². The molecule has 2 nitrogen and oxygen atoms in total. The molecular weight excluding hydrogens is 150 g/mol. The summed E-state index contributed by atoms with van der Waals surface area (Å²) in [6.07, 6.45) is 0. The van der Waals surface area contributed by atoms with E-state index in [0.717, 1.165) is 0 Å². The van der Waals surface area contributed by atoms with E-state index in [2.05, 4.69) is 6.07 Å². The molecule has 0 aliphatic carbocycles. The summed E-state index contributed by atoms with van der Waals surface area (Å²) < 4.78 is 0. The molecule has 0 aliphatic heterocycles. The van der Waals surface area contributed by atoms with Gasteiger partial charge >= 0.3 is 0 Å². The van der Waals surface area contributed by atoms with Crippen LogP contribution in [-0.2, 0) is 0 Å². The molecule has 59 valence electrons. The van der Waals surface area contributed by atoms with Crippen molar-refractivity contribution >= 4 is 5.78 Å². The predicted molar refractivity (Wildman–Crippen MR) is 44.4 cm³/mol. The van der Waals surface area contributed by atoms with Crippen molar-refractivity contribution in [1.29, 1.82) is 5.26 Å². The van der Waals surface area contributed by atoms with Crippen LogP contribution in [0.5, 0.6) is 0 Å². The van der Waals surface area contributed by atoms with Gasteiger partial charge in [0, 0.05) is 5.56 Å². The lowest BCUT2D eigenvalue weighted by atomic mass is 10.0. The minimum absolute atomic E-state index is 0.133. The number of nitriles is 1. The van der Waals surface area contributed by atoms with E-state index in [-0.39, 0.29) is 5.78 Å². The summed E-state index contributed by atoms with van der Waals surface area (Å²) in [5, 5.41) is 8.49. The molecular formula is C10H8NO. The van der Waals surface area contributed by atoms with E-state index < -0.39 is 5.92 Å². The van der Waals surface area contributed by atoms with Gasteiger partial charge in [-0.3, -0.25) is 4.79 Å². The molecule has 0 bridgehead atoms. The van der Waals surface area contributed by atoms with Crippen LogP contribution in [0.4, 0.5) is 0 Å². The Kier molecular flexibility index (Phi) is 2.60. The van der Waals surface area contributed by atoms with E-state index in [1.165, 1.54) is 0 Å². The molecule has 2 heteroatoms. The van der Waals surface area contributed by atoms with Crippen LogP contribution in [0, 0.1) is 23.3 Å². The summed E-state index contributed by atoms with van der Waals surface area (Å²) in [5.41, 5.74) is 0.572. The quantitative estimate of drug-likeness (QED) is 0.616. The summed E-state index contributed by atoms with van der Waals surface area (Å²) in [5.74, 6) is -0.695. The average molecular weight is 158 g/mol. The number of rotatable bonds is 2. The topological polar surface area (TPSA) is 40.9 Å². The van der Waals surface area contributed by atoms with Gasteiger partial charge in [0.1, 0.15) is 5.92 Å². The first-order chi connectivity index (χ1) is 5.75. The minimum Gasteiger partial charge on any atom is -0.293 e. The fourth-order valence-corrected chi connectivity index (χ4v) is 0.860. The molecule has 12 heavy (non-hydrogen) atoms. The van der Waals surface area contributed by atoms with Gasteiger partial charge in [0.05, 0.1) is 6.07 Å². The van der Waals surface area contributed by atoms with Crippen molar-refractivity contribution in [2.75, 3.05) is 0 Å². The Balaban J connectivity index is 2.88. The number of hydrogen-bond donors (Lipinski definition) is 0. The van der Waals surface area contributed by atoms with Crippen LogP contribution in [0.25, 0.3) is 0 Å². The average Bonchev–Trinajstić information content (AvgIpc) is 2.17. The Morgan fingerprint density at radius 2 is 2.17 bits per heavy atom. The van der Waals surface area contributed by atoms with Crippen molar-refractivity contribution in [3.05, 3.63) is 35.9 Å². The molecule has 0 fully saturated rings. The van der Waals surface area contributed by atoms with E-state index in [4.69, 9.17) is 5.26 Å². The maximum absolute atomic E-state index is 11.3. The maximum atomic E-state index is 11.3. The first kappa shape index (κ1) is 8.48. The van der Waals surface area contributed by atoms with E-state index in [0.29, 0.717) is 5.56 Å².